The Balaban J connectivity index is 3.85. The molecule has 0 heterocycles. The summed E-state index contributed by atoms with van der Waals surface area (Å²) in [5, 5.41) is 0. The Hall–Kier alpha value is -0.790. The molecule has 0 spiro atoms. The van der Waals surface area contributed by atoms with Gasteiger partial charge in [-0.3, -0.25) is 4.79 Å². The highest BCUT2D eigenvalue weighted by atomic mass is 16.5. The maximum atomic E-state index is 10.7. The minimum Gasteiger partial charge on any atom is -0.458 e. The summed E-state index contributed by atoms with van der Waals surface area (Å²) in [4.78, 5) is 10.7. The molecule has 2 heteroatoms. The zero-order valence-electron chi connectivity index (χ0n) is 8.88. The Bertz CT molecular complexity index is 161. The van der Waals surface area contributed by atoms with Crippen molar-refractivity contribution in [1.29, 1.82) is 0 Å². The summed E-state index contributed by atoms with van der Waals surface area (Å²) in [6.45, 7) is 5.67. The van der Waals surface area contributed by atoms with Crippen molar-refractivity contribution in [2.75, 3.05) is 0 Å². The first-order chi connectivity index (χ1) is 6.20. The van der Waals surface area contributed by atoms with E-state index < -0.39 is 0 Å². The number of unbranched alkanes of at least 4 members (excludes halogenated alkanes) is 1. The Morgan fingerprint density at radius 3 is 2.54 bits per heavy atom. The summed E-state index contributed by atoms with van der Waals surface area (Å²) in [5.74, 6) is -0.195. The number of allylic oxidation sites excluding steroid dienone is 1. The molecule has 0 N–H and O–H groups in total. The van der Waals surface area contributed by atoms with E-state index in [0.29, 0.717) is 0 Å². The van der Waals surface area contributed by atoms with Crippen molar-refractivity contribution in [1.82, 2.24) is 0 Å². The molecule has 0 aliphatic carbocycles. The Morgan fingerprint density at radius 2 is 2.08 bits per heavy atom. The van der Waals surface area contributed by atoms with Gasteiger partial charge in [-0.1, -0.05) is 32.8 Å². The van der Waals surface area contributed by atoms with Gasteiger partial charge in [0.25, 0.3) is 0 Å². The van der Waals surface area contributed by atoms with Gasteiger partial charge in [0.1, 0.15) is 6.10 Å². The highest BCUT2D eigenvalue weighted by Gasteiger charge is 2.05. The zero-order chi connectivity index (χ0) is 10.1. The molecule has 13 heavy (non-hydrogen) atoms. The number of hydrogen-bond acceptors (Lipinski definition) is 2. The predicted molar refractivity (Wildman–Crippen MR) is 54.5 cm³/mol. The standard InChI is InChI=1S/C11H20O2/c1-4-6-7-9-11(8-5-2)13-10(3)12/h7,9,11H,4-6,8H2,1-3H3/b9-7+/t11-/m0/s1. The molecule has 0 amide bonds. The smallest absolute Gasteiger partial charge is 0.303 e. The molecular weight excluding hydrogens is 164 g/mol. The highest BCUT2D eigenvalue weighted by molar-refractivity contribution is 5.66. The second-order valence-electron chi connectivity index (χ2n) is 3.15. The third-order valence-electron chi connectivity index (χ3n) is 1.70. The van der Waals surface area contributed by atoms with Gasteiger partial charge < -0.3 is 4.74 Å². The lowest BCUT2D eigenvalue weighted by Crippen LogP contribution is -2.13. The normalized spacial score (nSPS) is 13.2. The van der Waals surface area contributed by atoms with Crippen LogP contribution in [0.3, 0.4) is 0 Å². The highest BCUT2D eigenvalue weighted by Crippen LogP contribution is 2.05. The summed E-state index contributed by atoms with van der Waals surface area (Å²) in [6.07, 6.45) is 8.21. The lowest BCUT2D eigenvalue weighted by atomic mass is 10.2. The van der Waals surface area contributed by atoms with Crippen LogP contribution in [0.15, 0.2) is 12.2 Å². The van der Waals surface area contributed by atoms with Gasteiger partial charge in [0.2, 0.25) is 0 Å². The molecule has 0 saturated carbocycles. The van der Waals surface area contributed by atoms with Gasteiger partial charge in [-0.05, 0) is 18.9 Å². The van der Waals surface area contributed by atoms with Gasteiger partial charge in [0, 0.05) is 6.92 Å². The average Bonchev–Trinajstić information content (AvgIpc) is 2.04. The van der Waals surface area contributed by atoms with E-state index in [4.69, 9.17) is 4.74 Å². The molecule has 2 nitrogen and oxygen atoms in total. The largest absolute Gasteiger partial charge is 0.458 e. The number of ether oxygens (including phenoxy) is 1. The molecule has 0 aliphatic rings. The summed E-state index contributed by atoms with van der Waals surface area (Å²) in [7, 11) is 0. The molecule has 0 rings (SSSR count). The lowest BCUT2D eigenvalue weighted by Gasteiger charge is -2.11. The van der Waals surface area contributed by atoms with E-state index in [2.05, 4.69) is 19.9 Å². The molecule has 1 atom stereocenters. The van der Waals surface area contributed by atoms with Crippen LogP contribution in [-0.2, 0) is 9.53 Å². The molecule has 0 bridgehead atoms. The molecule has 76 valence electrons. The van der Waals surface area contributed by atoms with Crippen molar-refractivity contribution in [3.63, 3.8) is 0 Å². The van der Waals surface area contributed by atoms with Gasteiger partial charge in [0.05, 0.1) is 0 Å². The maximum Gasteiger partial charge on any atom is 0.303 e. The van der Waals surface area contributed by atoms with Crippen molar-refractivity contribution >= 4 is 5.97 Å². The van der Waals surface area contributed by atoms with E-state index in [9.17, 15) is 4.79 Å². The number of carbonyl (C=O) groups is 1. The monoisotopic (exact) mass is 184 g/mol. The van der Waals surface area contributed by atoms with Crippen LogP contribution in [0.25, 0.3) is 0 Å². The first-order valence-corrected chi connectivity index (χ1v) is 5.04. The van der Waals surface area contributed by atoms with Crippen molar-refractivity contribution < 1.29 is 9.53 Å². The number of rotatable bonds is 6. The molecular formula is C11H20O2. The lowest BCUT2D eigenvalue weighted by molar-refractivity contribution is -0.144. The third kappa shape index (κ3) is 7.57. The molecule has 0 aromatic rings. The van der Waals surface area contributed by atoms with Crippen LogP contribution in [0.4, 0.5) is 0 Å². The zero-order valence-corrected chi connectivity index (χ0v) is 8.88. The second kappa shape index (κ2) is 7.84. The summed E-state index contributed by atoms with van der Waals surface area (Å²) in [6, 6.07) is 0. The molecule has 0 aromatic carbocycles. The van der Waals surface area contributed by atoms with Crippen LogP contribution in [0, 0.1) is 0 Å². The van der Waals surface area contributed by atoms with E-state index >= 15 is 0 Å². The van der Waals surface area contributed by atoms with Crippen LogP contribution in [-0.4, -0.2) is 12.1 Å². The Morgan fingerprint density at radius 1 is 1.38 bits per heavy atom. The van der Waals surface area contributed by atoms with E-state index in [0.717, 1.165) is 25.7 Å². The SMILES string of the molecule is CCC/C=C/[C@H](CCC)OC(C)=O. The fourth-order valence-electron chi connectivity index (χ4n) is 1.11. The summed E-state index contributed by atoms with van der Waals surface area (Å²) in [5.41, 5.74) is 0. The van der Waals surface area contributed by atoms with Crippen LogP contribution in [0.2, 0.25) is 0 Å². The Kier molecular flexibility index (Phi) is 7.36. The number of hydrogen-bond donors (Lipinski definition) is 0. The van der Waals surface area contributed by atoms with Crippen LogP contribution >= 0.6 is 0 Å². The van der Waals surface area contributed by atoms with Gasteiger partial charge >= 0.3 is 5.97 Å². The molecule has 0 aromatic heterocycles. The second-order valence-corrected chi connectivity index (χ2v) is 3.15. The van der Waals surface area contributed by atoms with E-state index in [1.54, 1.807) is 0 Å². The minimum absolute atomic E-state index is 0.0194. The summed E-state index contributed by atoms with van der Waals surface area (Å²) < 4.78 is 5.11. The van der Waals surface area contributed by atoms with Gasteiger partial charge in [-0.25, -0.2) is 0 Å². The van der Waals surface area contributed by atoms with Gasteiger partial charge in [-0.2, -0.15) is 0 Å². The summed E-state index contributed by atoms with van der Waals surface area (Å²) >= 11 is 0. The molecule has 0 aliphatic heterocycles. The molecule has 0 unspecified atom stereocenters. The van der Waals surface area contributed by atoms with E-state index in [1.165, 1.54) is 6.92 Å². The van der Waals surface area contributed by atoms with Crippen molar-refractivity contribution in [3.8, 4) is 0 Å². The number of carbonyl (C=O) groups excluding carboxylic acids is 1. The van der Waals surface area contributed by atoms with Gasteiger partial charge in [-0.15, -0.1) is 0 Å². The van der Waals surface area contributed by atoms with Gasteiger partial charge in [0.15, 0.2) is 0 Å². The maximum absolute atomic E-state index is 10.7. The Labute approximate surface area is 81.0 Å². The predicted octanol–water partition coefficient (Wildman–Crippen LogP) is 3.07. The fourth-order valence-corrected chi connectivity index (χ4v) is 1.11. The topological polar surface area (TPSA) is 26.3 Å². The first kappa shape index (κ1) is 12.2. The van der Waals surface area contributed by atoms with Crippen LogP contribution in [0.1, 0.15) is 46.5 Å². The third-order valence-corrected chi connectivity index (χ3v) is 1.70. The molecule has 0 fully saturated rings. The molecule has 0 radical (unpaired) electrons. The van der Waals surface area contributed by atoms with Crippen molar-refractivity contribution in [3.05, 3.63) is 12.2 Å². The van der Waals surface area contributed by atoms with Crippen molar-refractivity contribution in [2.24, 2.45) is 0 Å². The van der Waals surface area contributed by atoms with Crippen molar-refractivity contribution in [2.45, 2.75) is 52.6 Å². The fraction of sp³-hybridized carbons (Fsp3) is 0.727. The first-order valence-electron chi connectivity index (χ1n) is 5.04. The van der Waals surface area contributed by atoms with Crippen LogP contribution in [0.5, 0.6) is 0 Å². The van der Waals surface area contributed by atoms with Crippen LogP contribution < -0.4 is 0 Å². The van der Waals surface area contributed by atoms with E-state index in [-0.39, 0.29) is 12.1 Å². The quantitative estimate of drug-likeness (QED) is 0.468. The number of esters is 1. The van der Waals surface area contributed by atoms with E-state index in [1.807, 2.05) is 6.08 Å². The minimum atomic E-state index is -0.195. The molecule has 0 saturated heterocycles. The average molecular weight is 184 g/mol.